The molecule has 1 saturated heterocycles. The average molecular weight is 433 g/mol. The standard InChI is InChI=1S/C24H28N6O2/c1-15-6-7-18(14-30(15)3)24-28-21(17-5-4-10-25-13-17)12-23(29-24)27-19-8-9-20(22(32)11-19)26-16(2)31/h4-5,8-13,15,18,32H,6-7,14H2,1-3H3,(H,26,31)(H,27,28,29)/t15-,18+/m0/s1. The van der Waals surface area contributed by atoms with E-state index in [0.717, 1.165) is 36.5 Å². The first kappa shape index (κ1) is 21.7. The molecule has 1 amide bonds. The lowest BCUT2D eigenvalue weighted by atomic mass is 9.93. The summed E-state index contributed by atoms with van der Waals surface area (Å²) in [6, 6.07) is 11.3. The normalized spacial score (nSPS) is 18.8. The Labute approximate surface area is 187 Å². The first-order valence-corrected chi connectivity index (χ1v) is 10.8. The van der Waals surface area contributed by atoms with E-state index in [1.165, 1.54) is 6.92 Å². The zero-order valence-corrected chi connectivity index (χ0v) is 18.5. The van der Waals surface area contributed by atoms with Crippen molar-refractivity contribution in [3.8, 4) is 17.0 Å². The van der Waals surface area contributed by atoms with E-state index in [9.17, 15) is 9.90 Å². The van der Waals surface area contributed by atoms with Crippen molar-refractivity contribution in [2.24, 2.45) is 0 Å². The van der Waals surface area contributed by atoms with Crippen LogP contribution in [0.3, 0.4) is 0 Å². The number of carbonyl (C=O) groups is 1. The number of carbonyl (C=O) groups excluding carboxylic acids is 1. The van der Waals surface area contributed by atoms with E-state index in [1.54, 1.807) is 30.6 Å². The number of likely N-dealkylation sites (N-methyl/N-ethyl adjacent to an activating group) is 1. The minimum absolute atomic E-state index is 0.0187. The first-order valence-electron chi connectivity index (χ1n) is 10.8. The Kier molecular flexibility index (Phi) is 6.32. The summed E-state index contributed by atoms with van der Waals surface area (Å²) in [4.78, 5) is 27.6. The van der Waals surface area contributed by atoms with Crippen LogP contribution in [0.15, 0.2) is 48.8 Å². The molecule has 1 aromatic carbocycles. The molecule has 1 fully saturated rings. The molecule has 3 N–H and O–H groups in total. The monoisotopic (exact) mass is 432 g/mol. The number of anilines is 3. The molecule has 1 aliphatic rings. The maximum atomic E-state index is 11.3. The highest BCUT2D eigenvalue weighted by atomic mass is 16.3. The smallest absolute Gasteiger partial charge is 0.221 e. The predicted octanol–water partition coefficient (Wildman–Crippen LogP) is 4.14. The van der Waals surface area contributed by atoms with Gasteiger partial charge >= 0.3 is 0 Å². The van der Waals surface area contributed by atoms with Gasteiger partial charge in [-0.3, -0.25) is 9.78 Å². The number of benzene rings is 1. The van der Waals surface area contributed by atoms with Crippen molar-refractivity contribution in [1.29, 1.82) is 0 Å². The van der Waals surface area contributed by atoms with Gasteiger partial charge in [-0.25, -0.2) is 9.97 Å². The maximum Gasteiger partial charge on any atom is 0.221 e. The summed E-state index contributed by atoms with van der Waals surface area (Å²) >= 11 is 0. The Bertz CT molecular complexity index is 1100. The van der Waals surface area contributed by atoms with Gasteiger partial charge in [-0.05, 0) is 51.1 Å². The Morgan fingerprint density at radius 1 is 1.19 bits per heavy atom. The summed E-state index contributed by atoms with van der Waals surface area (Å²) in [6.07, 6.45) is 5.66. The van der Waals surface area contributed by atoms with Crippen LogP contribution in [0.2, 0.25) is 0 Å². The highest BCUT2D eigenvalue weighted by Crippen LogP contribution is 2.32. The van der Waals surface area contributed by atoms with Crippen LogP contribution in [-0.4, -0.2) is 50.5 Å². The van der Waals surface area contributed by atoms with Crippen LogP contribution < -0.4 is 10.6 Å². The van der Waals surface area contributed by atoms with Gasteiger partial charge in [-0.1, -0.05) is 0 Å². The Balaban J connectivity index is 1.67. The number of nitrogens with one attached hydrogen (secondary N) is 2. The van der Waals surface area contributed by atoms with Crippen molar-refractivity contribution >= 4 is 23.1 Å². The van der Waals surface area contributed by atoms with Crippen LogP contribution in [0.1, 0.15) is 38.4 Å². The molecule has 0 radical (unpaired) electrons. The van der Waals surface area contributed by atoms with Gasteiger partial charge in [0.1, 0.15) is 17.4 Å². The van der Waals surface area contributed by atoms with Crippen LogP contribution in [0.4, 0.5) is 17.2 Å². The fraction of sp³-hybridized carbons (Fsp3) is 0.333. The van der Waals surface area contributed by atoms with Gasteiger partial charge in [0.25, 0.3) is 0 Å². The molecule has 0 aliphatic carbocycles. The van der Waals surface area contributed by atoms with Crippen molar-refractivity contribution in [3.63, 3.8) is 0 Å². The summed E-state index contributed by atoms with van der Waals surface area (Å²) in [5.41, 5.74) is 2.74. The number of nitrogens with zero attached hydrogens (tertiary/aromatic N) is 4. The van der Waals surface area contributed by atoms with Crippen LogP contribution >= 0.6 is 0 Å². The van der Waals surface area contributed by atoms with Gasteiger partial charge in [-0.2, -0.15) is 0 Å². The van der Waals surface area contributed by atoms with Crippen molar-refractivity contribution in [2.45, 2.75) is 38.6 Å². The summed E-state index contributed by atoms with van der Waals surface area (Å²) in [7, 11) is 2.14. The van der Waals surface area contributed by atoms with Gasteiger partial charge in [0.05, 0.1) is 11.4 Å². The number of likely N-dealkylation sites (tertiary alicyclic amines) is 1. The second kappa shape index (κ2) is 9.32. The summed E-state index contributed by atoms with van der Waals surface area (Å²) in [6.45, 7) is 4.55. The highest BCUT2D eigenvalue weighted by Gasteiger charge is 2.26. The molecule has 8 nitrogen and oxygen atoms in total. The molecule has 4 rings (SSSR count). The molecule has 32 heavy (non-hydrogen) atoms. The zero-order chi connectivity index (χ0) is 22.7. The number of pyridine rings is 1. The zero-order valence-electron chi connectivity index (χ0n) is 18.5. The molecule has 1 aliphatic heterocycles. The number of rotatable bonds is 5. The number of amides is 1. The van der Waals surface area contributed by atoms with Gasteiger partial charge in [0.2, 0.25) is 5.91 Å². The molecule has 8 heteroatoms. The molecule has 2 atom stereocenters. The molecule has 0 bridgehead atoms. The Hall–Kier alpha value is -3.52. The third-order valence-corrected chi connectivity index (χ3v) is 5.84. The lowest BCUT2D eigenvalue weighted by Gasteiger charge is -2.34. The summed E-state index contributed by atoms with van der Waals surface area (Å²) in [5.74, 6) is 1.42. The molecule has 166 valence electrons. The van der Waals surface area contributed by atoms with E-state index in [1.807, 2.05) is 18.2 Å². The number of aromatic nitrogens is 3. The molecular weight excluding hydrogens is 404 g/mol. The van der Waals surface area contributed by atoms with Crippen molar-refractivity contribution in [2.75, 3.05) is 24.2 Å². The third kappa shape index (κ3) is 5.03. The quantitative estimate of drug-likeness (QED) is 0.521. The second-order valence-corrected chi connectivity index (χ2v) is 8.34. The summed E-state index contributed by atoms with van der Waals surface area (Å²) < 4.78 is 0. The molecule has 3 aromatic rings. The van der Waals surface area contributed by atoms with Crippen LogP contribution in [-0.2, 0) is 4.79 Å². The average Bonchev–Trinajstić information content (AvgIpc) is 2.78. The van der Waals surface area contributed by atoms with E-state index in [2.05, 4.69) is 34.5 Å². The SMILES string of the molecule is CC(=O)Nc1ccc(Nc2cc(-c3cccnc3)nc([C@@H]3CC[C@H](C)N(C)C3)n2)cc1O. The minimum atomic E-state index is -0.241. The van der Waals surface area contributed by atoms with E-state index in [-0.39, 0.29) is 17.6 Å². The Morgan fingerprint density at radius 2 is 2.03 bits per heavy atom. The van der Waals surface area contributed by atoms with Gasteiger partial charge in [-0.15, -0.1) is 0 Å². The number of phenolic OH excluding ortho intramolecular Hbond substituents is 1. The summed E-state index contributed by atoms with van der Waals surface area (Å²) in [5, 5.41) is 16.1. The van der Waals surface area contributed by atoms with Gasteiger partial charge in [0.15, 0.2) is 0 Å². The van der Waals surface area contributed by atoms with Crippen LogP contribution in [0, 0.1) is 0 Å². The molecule has 0 spiro atoms. The van der Waals surface area contributed by atoms with Gasteiger partial charge < -0.3 is 20.6 Å². The third-order valence-electron chi connectivity index (χ3n) is 5.84. The largest absolute Gasteiger partial charge is 0.506 e. The fourth-order valence-electron chi connectivity index (χ4n) is 3.92. The number of phenols is 1. The van der Waals surface area contributed by atoms with E-state index < -0.39 is 0 Å². The second-order valence-electron chi connectivity index (χ2n) is 8.34. The molecule has 2 aromatic heterocycles. The van der Waals surface area contributed by atoms with Crippen LogP contribution in [0.5, 0.6) is 5.75 Å². The van der Waals surface area contributed by atoms with E-state index in [0.29, 0.717) is 23.2 Å². The Morgan fingerprint density at radius 3 is 2.72 bits per heavy atom. The predicted molar refractivity (Wildman–Crippen MR) is 125 cm³/mol. The topological polar surface area (TPSA) is 103 Å². The number of aromatic hydroxyl groups is 1. The highest BCUT2D eigenvalue weighted by molar-refractivity contribution is 5.90. The first-order chi connectivity index (χ1) is 15.4. The molecular formula is C24H28N6O2. The number of hydrogen-bond donors (Lipinski definition) is 3. The van der Waals surface area contributed by atoms with Crippen LogP contribution in [0.25, 0.3) is 11.3 Å². The van der Waals surface area contributed by atoms with Crippen molar-refractivity contribution in [1.82, 2.24) is 19.9 Å². The molecule has 0 unspecified atom stereocenters. The maximum absolute atomic E-state index is 11.3. The number of piperidine rings is 1. The van der Waals surface area contributed by atoms with E-state index >= 15 is 0 Å². The fourth-order valence-corrected chi connectivity index (χ4v) is 3.92. The minimum Gasteiger partial charge on any atom is -0.506 e. The van der Waals surface area contributed by atoms with E-state index in [4.69, 9.17) is 9.97 Å². The molecule has 0 saturated carbocycles. The van der Waals surface area contributed by atoms with Gasteiger partial charge in [0, 0.05) is 61.2 Å². The van der Waals surface area contributed by atoms with Crippen molar-refractivity contribution in [3.05, 3.63) is 54.6 Å². The number of hydrogen-bond acceptors (Lipinski definition) is 7. The van der Waals surface area contributed by atoms with Crippen molar-refractivity contribution < 1.29 is 9.90 Å². The molecule has 3 heterocycles. The lowest BCUT2D eigenvalue weighted by molar-refractivity contribution is -0.114. The lowest BCUT2D eigenvalue weighted by Crippen LogP contribution is -2.38.